The number of nitrogens with two attached hydrogens (primary N) is 2. The standard InChI is InChI=1S/C22H21BrClN5OS/c23-19-7-1-4-16(12-19)10-11-31(30)28-21-9-3-6-18(14-21)22(25)27-29(26)15-17-5-2-8-20(24)13-17/h1-14,28H,15,26H2,(H2,25,27)/b11-10+. The van der Waals surface area contributed by atoms with Crippen molar-refractivity contribution < 1.29 is 4.21 Å². The minimum atomic E-state index is -1.41. The Morgan fingerprint density at radius 2 is 1.90 bits per heavy atom. The van der Waals surface area contributed by atoms with Crippen LogP contribution in [0.2, 0.25) is 5.02 Å². The van der Waals surface area contributed by atoms with Crippen molar-refractivity contribution in [1.29, 1.82) is 0 Å². The van der Waals surface area contributed by atoms with Crippen LogP contribution in [0.15, 0.2) is 87.8 Å². The zero-order valence-corrected chi connectivity index (χ0v) is 19.6. The van der Waals surface area contributed by atoms with E-state index in [1.54, 1.807) is 41.8 Å². The average Bonchev–Trinajstić information content (AvgIpc) is 2.72. The third-order valence-corrected chi connectivity index (χ3v) is 5.63. The molecule has 31 heavy (non-hydrogen) atoms. The second kappa shape index (κ2) is 11.1. The summed E-state index contributed by atoms with van der Waals surface area (Å²) in [5.74, 6) is 6.20. The van der Waals surface area contributed by atoms with Crippen LogP contribution in [0.4, 0.5) is 5.69 Å². The van der Waals surface area contributed by atoms with Crippen LogP contribution in [0.25, 0.3) is 6.08 Å². The van der Waals surface area contributed by atoms with E-state index in [9.17, 15) is 4.21 Å². The highest BCUT2D eigenvalue weighted by molar-refractivity contribution is 9.10. The van der Waals surface area contributed by atoms with Crippen molar-refractivity contribution >= 4 is 56.1 Å². The van der Waals surface area contributed by atoms with Crippen molar-refractivity contribution in [2.45, 2.75) is 6.54 Å². The van der Waals surface area contributed by atoms with Crippen molar-refractivity contribution in [3.8, 4) is 0 Å². The molecule has 0 fully saturated rings. The Morgan fingerprint density at radius 3 is 2.68 bits per heavy atom. The van der Waals surface area contributed by atoms with Gasteiger partial charge in [0.25, 0.3) is 0 Å². The Hall–Kier alpha value is -2.65. The van der Waals surface area contributed by atoms with Crippen molar-refractivity contribution in [2.24, 2.45) is 16.7 Å². The van der Waals surface area contributed by atoms with Crippen LogP contribution < -0.4 is 16.3 Å². The predicted molar refractivity (Wildman–Crippen MR) is 133 cm³/mol. The van der Waals surface area contributed by atoms with Crippen LogP contribution >= 0.6 is 27.5 Å². The Labute approximate surface area is 197 Å². The SMILES string of the molecule is N/C(=N\N(N)Cc1cccc(Cl)c1)c1cccc(NS(=O)/C=C/c2cccc(Br)c2)c1. The van der Waals surface area contributed by atoms with Crippen LogP contribution in [0.1, 0.15) is 16.7 Å². The molecule has 3 aromatic carbocycles. The van der Waals surface area contributed by atoms with Gasteiger partial charge in [0.05, 0.1) is 6.54 Å². The number of rotatable bonds is 8. The van der Waals surface area contributed by atoms with Gasteiger partial charge in [-0.25, -0.2) is 15.2 Å². The second-order valence-electron chi connectivity index (χ2n) is 6.55. The summed E-state index contributed by atoms with van der Waals surface area (Å²) in [4.78, 5) is 0. The van der Waals surface area contributed by atoms with Crippen molar-refractivity contribution in [3.05, 3.63) is 104 Å². The lowest BCUT2D eigenvalue weighted by Crippen LogP contribution is -2.29. The largest absolute Gasteiger partial charge is 0.382 e. The molecule has 1 unspecified atom stereocenters. The van der Waals surface area contributed by atoms with E-state index in [2.05, 4.69) is 25.8 Å². The van der Waals surface area contributed by atoms with Crippen LogP contribution in [-0.2, 0) is 17.5 Å². The van der Waals surface area contributed by atoms with Gasteiger partial charge in [0.1, 0.15) is 11.0 Å². The number of benzene rings is 3. The van der Waals surface area contributed by atoms with E-state index in [1.165, 1.54) is 5.12 Å². The lowest BCUT2D eigenvalue weighted by molar-refractivity contribution is 0.290. The highest BCUT2D eigenvalue weighted by Gasteiger charge is 2.05. The van der Waals surface area contributed by atoms with Gasteiger partial charge in [-0.2, -0.15) is 0 Å². The van der Waals surface area contributed by atoms with Gasteiger partial charge in [0.15, 0.2) is 5.84 Å². The summed E-state index contributed by atoms with van der Waals surface area (Å²) >= 11 is 9.41. The van der Waals surface area contributed by atoms with E-state index >= 15 is 0 Å². The van der Waals surface area contributed by atoms with Crippen molar-refractivity contribution in [2.75, 3.05) is 4.72 Å². The third-order valence-electron chi connectivity index (χ3n) is 4.08. The lowest BCUT2D eigenvalue weighted by atomic mass is 10.2. The number of nitrogens with zero attached hydrogens (tertiary/aromatic N) is 2. The molecular weight excluding hydrogens is 498 g/mol. The maximum absolute atomic E-state index is 12.4. The van der Waals surface area contributed by atoms with Crippen molar-refractivity contribution in [3.63, 3.8) is 0 Å². The number of hydrazone groups is 1. The lowest BCUT2D eigenvalue weighted by Gasteiger charge is -2.14. The Kier molecular flexibility index (Phi) is 8.25. The van der Waals surface area contributed by atoms with Gasteiger partial charge in [-0.15, -0.1) is 5.10 Å². The number of nitrogens with one attached hydrogen (secondary N) is 1. The fraction of sp³-hybridized carbons (Fsp3) is 0.0455. The van der Waals surface area contributed by atoms with Crippen molar-refractivity contribution in [1.82, 2.24) is 5.12 Å². The minimum Gasteiger partial charge on any atom is -0.382 e. The van der Waals surface area contributed by atoms with Crippen LogP contribution in [0, 0.1) is 0 Å². The average molecular weight is 519 g/mol. The molecule has 6 nitrogen and oxygen atoms in total. The molecule has 0 spiro atoms. The van der Waals surface area contributed by atoms with E-state index in [4.69, 9.17) is 23.2 Å². The Morgan fingerprint density at radius 1 is 1.13 bits per heavy atom. The number of hydrogen-bond donors (Lipinski definition) is 3. The molecule has 9 heteroatoms. The number of amidine groups is 1. The fourth-order valence-electron chi connectivity index (χ4n) is 2.70. The number of halogens is 2. The van der Waals surface area contributed by atoms with Crippen LogP contribution in [-0.4, -0.2) is 15.2 Å². The molecular formula is C22H21BrClN5OS. The molecule has 0 aliphatic rings. The molecule has 0 saturated heterocycles. The number of anilines is 1. The highest BCUT2D eigenvalue weighted by atomic mass is 79.9. The third kappa shape index (κ3) is 7.52. The molecule has 160 valence electrons. The summed E-state index contributed by atoms with van der Waals surface area (Å²) in [6, 6.07) is 22.2. The Balaban J connectivity index is 1.64. The fourth-order valence-corrected chi connectivity index (χ4v) is 4.03. The molecule has 3 rings (SSSR count). The van der Waals surface area contributed by atoms with Crippen LogP contribution in [0.3, 0.4) is 0 Å². The molecule has 0 bridgehead atoms. The summed E-state index contributed by atoms with van der Waals surface area (Å²) in [5.41, 5.74) is 9.26. The minimum absolute atomic E-state index is 0.239. The first-order chi connectivity index (χ1) is 14.9. The van der Waals surface area contributed by atoms with E-state index in [1.807, 2.05) is 42.5 Å². The monoisotopic (exact) mass is 517 g/mol. The normalized spacial score (nSPS) is 12.7. The van der Waals surface area contributed by atoms with E-state index in [0.29, 0.717) is 22.8 Å². The molecule has 3 aromatic rings. The summed E-state index contributed by atoms with van der Waals surface area (Å²) < 4.78 is 16.2. The maximum Gasteiger partial charge on any atom is 0.152 e. The molecule has 0 radical (unpaired) electrons. The van der Waals surface area contributed by atoms with Gasteiger partial charge < -0.3 is 10.5 Å². The van der Waals surface area contributed by atoms with E-state index in [0.717, 1.165) is 15.6 Å². The number of hydrazine groups is 1. The van der Waals surface area contributed by atoms with Gasteiger partial charge >= 0.3 is 0 Å². The Bertz CT molecular complexity index is 1140. The molecule has 5 N–H and O–H groups in total. The summed E-state index contributed by atoms with van der Waals surface area (Å²) in [5, 5.41) is 7.68. The van der Waals surface area contributed by atoms with Gasteiger partial charge in [-0.3, -0.25) is 0 Å². The van der Waals surface area contributed by atoms with Gasteiger partial charge in [-0.1, -0.05) is 63.9 Å². The van der Waals surface area contributed by atoms with Gasteiger partial charge in [0, 0.05) is 26.2 Å². The summed E-state index contributed by atoms with van der Waals surface area (Å²) in [7, 11) is -1.41. The number of hydrogen-bond acceptors (Lipinski definition) is 4. The first-order valence-corrected chi connectivity index (χ1v) is 11.6. The highest BCUT2D eigenvalue weighted by Crippen LogP contribution is 2.15. The molecule has 0 saturated carbocycles. The first-order valence-electron chi connectivity index (χ1n) is 9.21. The molecule has 0 heterocycles. The zero-order chi connectivity index (χ0) is 22.2. The molecule has 0 amide bonds. The van der Waals surface area contributed by atoms with Gasteiger partial charge in [-0.05, 0) is 53.6 Å². The summed E-state index contributed by atoms with van der Waals surface area (Å²) in [6.07, 6.45) is 1.79. The smallest absolute Gasteiger partial charge is 0.152 e. The zero-order valence-electron chi connectivity index (χ0n) is 16.4. The van der Waals surface area contributed by atoms with Crippen LogP contribution in [0.5, 0.6) is 0 Å². The topological polar surface area (TPSA) is 96.7 Å². The molecule has 1 atom stereocenters. The first kappa shape index (κ1) is 23.0. The predicted octanol–water partition coefficient (Wildman–Crippen LogP) is 4.85. The summed E-state index contributed by atoms with van der Waals surface area (Å²) in [6.45, 7) is 0.351. The van der Waals surface area contributed by atoms with E-state index < -0.39 is 11.0 Å². The molecule has 0 aromatic heterocycles. The van der Waals surface area contributed by atoms with Gasteiger partial charge in [0.2, 0.25) is 0 Å². The molecule has 0 aliphatic heterocycles. The van der Waals surface area contributed by atoms with E-state index in [-0.39, 0.29) is 5.84 Å². The quantitative estimate of drug-likeness (QED) is 0.172. The maximum atomic E-state index is 12.4. The molecule has 0 aliphatic carbocycles. The second-order valence-corrected chi connectivity index (χ2v) is 8.97.